The number of hydrogen-bond donors (Lipinski definition) is 1. The number of nitrogens with zero attached hydrogens (tertiary/aromatic N) is 4. The van der Waals surface area contributed by atoms with Crippen LogP contribution in [-0.2, 0) is 20.6 Å². The van der Waals surface area contributed by atoms with Crippen molar-refractivity contribution in [3.8, 4) is 0 Å². The molecule has 2 rings (SSSR count). The number of fused-ring (bicyclic) bond motifs is 1. The number of aromatic nitrogens is 4. The largest absolute Gasteiger partial charge is 0.332 e. The van der Waals surface area contributed by atoms with Gasteiger partial charge in [0, 0.05) is 26.7 Å². The minimum atomic E-state index is -0.377. The highest BCUT2D eigenvalue weighted by molar-refractivity contribution is 5.69. The minimum absolute atomic E-state index is 0.0376. The maximum atomic E-state index is 12.1. The molecule has 2 heterocycles. The molecule has 1 unspecified atom stereocenters. The van der Waals surface area contributed by atoms with Crippen LogP contribution in [0.3, 0.4) is 0 Å². The molecule has 7 heteroatoms. The van der Waals surface area contributed by atoms with Gasteiger partial charge in [0.2, 0.25) is 0 Å². The highest BCUT2D eigenvalue weighted by Gasteiger charge is 2.15. The number of hydrogen-bond acceptors (Lipinski definition) is 4. The van der Waals surface area contributed by atoms with Crippen molar-refractivity contribution in [3.63, 3.8) is 0 Å². The Bertz CT molecular complexity index is 694. The van der Waals surface area contributed by atoms with Gasteiger partial charge in [-0.25, -0.2) is 9.78 Å². The average Bonchev–Trinajstić information content (AvgIpc) is 2.77. The summed E-state index contributed by atoms with van der Waals surface area (Å²) in [5.74, 6) is 0. The summed E-state index contributed by atoms with van der Waals surface area (Å²) in [6.45, 7) is 2.50. The highest BCUT2D eigenvalue weighted by atomic mass is 16.2. The van der Waals surface area contributed by atoms with Crippen molar-refractivity contribution in [2.75, 3.05) is 0 Å². The molecule has 0 amide bonds. The monoisotopic (exact) mass is 251 g/mol. The van der Waals surface area contributed by atoms with Crippen molar-refractivity contribution in [1.82, 2.24) is 18.7 Å². The average molecular weight is 251 g/mol. The molecule has 18 heavy (non-hydrogen) atoms. The zero-order valence-corrected chi connectivity index (χ0v) is 10.8. The van der Waals surface area contributed by atoms with E-state index in [2.05, 4.69) is 4.98 Å². The molecule has 0 fully saturated rings. The van der Waals surface area contributed by atoms with Crippen LogP contribution in [0.5, 0.6) is 0 Å². The van der Waals surface area contributed by atoms with Crippen molar-refractivity contribution in [2.24, 2.45) is 19.8 Å². The lowest BCUT2D eigenvalue weighted by molar-refractivity contribution is 0.545. The van der Waals surface area contributed by atoms with Gasteiger partial charge in [0.05, 0.1) is 6.33 Å². The van der Waals surface area contributed by atoms with Crippen LogP contribution in [0.1, 0.15) is 13.3 Å². The Kier molecular flexibility index (Phi) is 3.08. The predicted molar refractivity (Wildman–Crippen MR) is 68.5 cm³/mol. The number of rotatable bonds is 3. The first-order chi connectivity index (χ1) is 8.47. The van der Waals surface area contributed by atoms with E-state index in [4.69, 9.17) is 5.73 Å². The fourth-order valence-electron chi connectivity index (χ4n) is 1.92. The molecule has 0 aliphatic rings. The topological polar surface area (TPSA) is 87.8 Å². The summed E-state index contributed by atoms with van der Waals surface area (Å²) in [5, 5.41) is 0. The standard InChI is InChI=1S/C11H17N5O2/c1-4-7(12)5-16-6-13-9-8(16)10(17)15(3)11(18)14(9)2/h6-7H,4-5,12H2,1-3H3. The molecule has 7 nitrogen and oxygen atoms in total. The highest BCUT2D eigenvalue weighted by Crippen LogP contribution is 2.06. The lowest BCUT2D eigenvalue weighted by atomic mass is 10.2. The van der Waals surface area contributed by atoms with Gasteiger partial charge in [-0.05, 0) is 6.42 Å². The van der Waals surface area contributed by atoms with Crippen LogP contribution < -0.4 is 17.0 Å². The second-order valence-electron chi connectivity index (χ2n) is 4.44. The van der Waals surface area contributed by atoms with E-state index in [1.807, 2.05) is 6.92 Å². The van der Waals surface area contributed by atoms with Crippen molar-refractivity contribution >= 4 is 11.2 Å². The van der Waals surface area contributed by atoms with E-state index in [1.165, 1.54) is 11.6 Å². The Labute approximate surface area is 103 Å². The molecule has 2 aromatic heterocycles. The van der Waals surface area contributed by atoms with Gasteiger partial charge < -0.3 is 10.3 Å². The first kappa shape index (κ1) is 12.6. The summed E-state index contributed by atoms with van der Waals surface area (Å²) in [6, 6.07) is -0.0376. The molecule has 1 atom stereocenters. The van der Waals surface area contributed by atoms with Gasteiger partial charge in [0.15, 0.2) is 11.2 Å². The van der Waals surface area contributed by atoms with Crippen LogP contribution in [0.4, 0.5) is 0 Å². The molecule has 0 aromatic carbocycles. The van der Waals surface area contributed by atoms with Gasteiger partial charge >= 0.3 is 5.69 Å². The number of nitrogens with two attached hydrogens (primary N) is 1. The SMILES string of the molecule is CCC(N)Cn1cnc2c1c(=O)n(C)c(=O)n2C. The van der Waals surface area contributed by atoms with E-state index < -0.39 is 0 Å². The van der Waals surface area contributed by atoms with Crippen molar-refractivity contribution in [1.29, 1.82) is 0 Å². The third kappa shape index (κ3) is 1.76. The Morgan fingerprint density at radius 1 is 1.33 bits per heavy atom. The van der Waals surface area contributed by atoms with E-state index in [0.29, 0.717) is 17.7 Å². The Hall–Kier alpha value is -1.89. The third-order valence-electron chi connectivity index (χ3n) is 3.17. The van der Waals surface area contributed by atoms with E-state index in [-0.39, 0.29) is 17.3 Å². The van der Waals surface area contributed by atoms with E-state index >= 15 is 0 Å². The maximum Gasteiger partial charge on any atom is 0.332 e. The fraction of sp³-hybridized carbons (Fsp3) is 0.545. The first-order valence-electron chi connectivity index (χ1n) is 5.83. The summed E-state index contributed by atoms with van der Waals surface area (Å²) in [6.07, 6.45) is 2.37. The molecule has 0 aliphatic heterocycles. The smallest absolute Gasteiger partial charge is 0.326 e. The first-order valence-corrected chi connectivity index (χ1v) is 5.83. The van der Waals surface area contributed by atoms with Crippen LogP contribution in [0.15, 0.2) is 15.9 Å². The van der Waals surface area contributed by atoms with Gasteiger partial charge in [-0.2, -0.15) is 0 Å². The van der Waals surface area contributed by atoms with Gasteiger partial charge in [0.1, 0.15) is 0 Å². The molecule has 0 spiro atoms. The molecule has 0 aliphatic carbocycles. The van der Waals surface area contributed by atoms with Crippen molar-refractivity contribution < 1.29 is 0 Å². The molecular formula is C11H17N5O2. The predicted octanol–water partition coefficient (Wildman–Crippen LogP) is -0.829. The van der Waals surface area contributed by atoms with Crippen LogP contribution >= 0.6 is 0 Å². The minimum Gasteiger partial charge on any atom is -0.326 e. The quantitative estimate of drug-likeness (QED) is 0.771. The van der Waals surface area contributed by atoms with Crippen molar-refractivity contribution in [3.05, 3.63) is 27.2 Å². The summed E-state index contributed by atoms with van der Waals surface area (Å²) in [7, 11) is 3.06. The molecular weight excluding hydrogens is 234 g/mol. The second kappa shape index (κ2) is 4.41. The van der Waals surface area contributed by atoms with Crippen LogP contribution in [-0.4, -0.2) is 24.7 Å². The Morgan fingerprint density at radius 3 is 2.61 bits per heavy atom. The van der Waals surface area contributed by atoms with E-state index in [0.717, 1.165) is 11.0 Å². The summed E-state index contributed by atoms with van der Waals surface area (Å²) >= 11 is 0. The molecule has 0 saturated heterocycles. The maximum absolute atomic E-state index is 12.1. The van der Waals surface area contributed by atoms with Crippen molar-refractivity contribution in [2.45, 2.75) is 25.9 Å². The number of aryl methyl sites for hydroxylation is 1. The Morgan fingerprint density at radius 2 is 2.00 bits per heavy atom. The van der Waals surface area contributed by atoms with E-state index in [9.17, 15) is 9.59 Å². The van der Waals surface area contributed by atoms with Crippen LogP contribution in [0, 0.1) is 0 Å². The number of imidazole rings is 1. The van der Waals surface area contributed by atoms with Gasteiger partial charge in [-0.3, -0.25) is 13.9 Å². The van der Waals surface area contributed by atoms with Crippen LogP contribution in [0.25, 0.3) is 11.2 Å². The van der Waals surface area contributed by atoms with E-state index in [1.54, 1.807) is 17.9 Å². The normalized spacial score (nSPS) is 13.1. The molecule has 0 radical (unpaired) electrons. The van der Waals surface area contributed by atoms with Gasteiger partial charge in [-0.15, -0.1) is 0 Å². The third-order valence-corrected chi connectivity index (χ3v) is 3.17. The van der Waals surface area contributed by atoms with Gasteiger partial charge in [-0.1, -0.05) is 6.92 Å². The molecule has 0 saturated carbocycles. The second-order valence-corrected chi connectivity index (χ2v) is 4.44. The zero-order chi connectivity index (χ0) is 13.4. The fourth-order valence-corrected chi connectivity index (χ4v) is 1.92. The molecule has 2 aromatic rings. The lowest BCUT2D eigenvalue weighted by Gasteiger charge is -2.10. The molecule has 2 N–H and O–H groups in total. The molecule has 98 valence electrons. The summed E-state index contributed by atoms with van der Waals surface area (Å²) < 4.78 is 4.16. The lowest BCUT2D eigenvalue weighted by Crippen LogP contribution is -2.38. The summed E-state index contributed by atoms with van der Waals surface area (Å²) in [5.41, 5.74) is 5.98. The Balaban J connectivity index is 2.74. The van der Waals surface area contributed by atoms with Gasteiger partial charge in [0.25, 0.3) is 5.56 Å². The molecule has 0 bridgehead atoms. The zero-order valence-electron chi connectivity index (χ0n) is 10.8. The van der Waals surface area contributed by atoms with Crippen LogP contribution in [0.2, 0.25) is 0 Å². The summed E-state index contributed by atoms with van der Waals surface area (Å²) in [4.78, 5) is 28.0.